The van der Waals surface area contributed by atoms with Crippen molar-refractivity contribution in [3.05, 3.63) is 65.9 Å². The van der Waals surface area contributed by atoms with Crippen LogP contribution < -0.4 is 15.8 Å². The van der Waals surface area contributed by atoms with Crippen molar-refractivity contribution in [2.45, 2.75) is 19.5 Å². The second kappa shape index (κ2) is 8.98. The van der Waals surface area contributed by atoms with Gasteiger partial charge in [-0.3, -0.25) is 0 Å². The Balaban J connectivity index is 0.00000261. The van der Waals surface area contributed by atoms with Gasteiger partial charge in [-0.2, -0.15) is 0 Å². The van der Waals surface area contributed by atoms with Gasteiger partial charge in [0.15, 0.2) is 5.96 Å². The van der Waals surface area contributed by atoms with E-state index in [0.717, 1.165) is 16.7 Å². The van der Waals surface area contributed by atoms with Crippen LogP contribution in [0.3, 0.4) is 0 Å². The number of nitrogens with zero attached hydrogens (tertiary/aromatic N) is 1. The maximum atomic E-state index is 12.1. The Kier molecular flexibility index (Phi) is 6.94. The highest BCUT2D eigenvalue weighted by Gasteiger charge is 2.30. The van der Waals surface area contributed by atoms with Gasteiger partial charge in [-0.05, 0) is 29.8 Å². The molecule has 3 aromatic rings. The van der Waals surface area contributed by atoms with Crippen molar-refractivity contribution in [3.8, 4) is 5.75 Å². The van der Waals surface area contributed by atoms with E-state index in [2.05, 4.69) is 15.0 Å². The molecule has 27 heavy (non-hydrogen) atoms. The number of para-hydroxylation sites is 1. The number of aliphatic imine (C=N–C) groups is 1. The second-order valence-electron chi connectivity index (χ2n) is 5.50. The summed E-state index contributed by atoms with van der Waals surface area (Å²) in [6, 6.07) is 15.0. The molecule has 5 nitrogen and oxygen atoms in total. The topological polar surface area (TPSA) is 72.8 Å². The van der Waals surface area contributed by atoms with Crippen molar-refractivity contribution in [3.63, 3.8) is 0 Å². The molecule has 0 amide bonds. The molecule has 3 N–H and O–H groups in total. The lowest BCUT2D eigenvalue weighted by Crippen LogP contribution is -2.30. The van der Waals surface area contributed by atoms with Crippen LogP contribution in [-0.4, -0.2) is 12.3 Å². The minimum absolute atomic E-state index is 0. The average molecular weight is 491 g/mol. The second-order valence-corrected chi connectivity index (χ2v) is 5.50. The summed E-state index contributed by atoms with van der Waals surface area (Å²) in [6.45, 7) is 0.605. The fraction of sp³-hybridized carbons (Fsp3) is 0.167. The number of guanidine groups is 1. The van der Waals surface area contributed by atoms with Crippen molar-refractivity contribution >= 4 is 40.9 Å². The van der Waals surface area contributed by atoms with E-state index in [-0.39, 0.29) is 42.2 Å². The third-order valence-corrected chi connectivity index (χ3v) is 3.51. The molecule has 0 fully saturated rings. The van der Waals surface area contributed by atoms with E-state index < -0.39 is 6.36 Å². The summed E-state index contributed by atoms with van der Waals surface area (Å²) in [5.41, 5.74) is 7.29. The fourth-order valence-corrected chi connectivity index (χ4v) is 2.33. The van der Waals surface area contributed by atoms with E-state index in [0.29, 0.717) is 12.1 Å². The summed E-state index contributed by atoms with van der Waals surface area (Å²) in [5, 5.41) is 3.93. The number of nitrogens with two attached hydrogens (primary N) is 1. The lowest BCUT2D eigenvalue weighted by Gasteiger charge is -2.09. The molecule has 2 aromatic carbocycles. The van der Waals surface area contributed by atoms with Gasteiger partial charge in [0.1, 0.15) is 17.1 Å². The van der Waals surface area contributed by atoms with Gasteiger partial charge >= 0.3 is 6.36 Å². The van der Waals surface area contributed by atoms with Crippen LogP contribution in [0, 0.1) is 0 Å². The number of rotatable bonds is 5. The van der Waals surface area contributed by atoms with E-state index in [1.807, 2.05) is 30.3 Å². The average Bonchev–Trinajstić information content (AvgIpc) is 3.01. The highest BCUT2D eigenvalue weighted by Crippen LogP contribution is 2.23. The molecular weight excluding hydrogens is 474 g/mol. The van der Waals surface area contributed by atoms with Crippen LogP contribution in [0.2, 0.25) is 0 Å². The molecular formula is C18H17F3IN3O2. The van der Waals surface area contributed by atoms with E-state index >= 15 is 0 Å². The molecule has 0 radical (unpaired) electrons. The van der Waals surface area contributed by atoms with Gasteiger partial charge in [-0.1, -0.05) is 30.3 Å². The third-order valence-electron chi connectivity index (χ3n) is 3.51. The van der Waals surface area contributed by atoms with Crippen LogP contribution in [0.4, 0.5) is 13.2 Å². The first-order chi connectivity index (χ1) is 12.4. The van der Waals surface area contributed by atoms with Crippen molar-refractivity contribution < 1.29 is 22.3 Å². The molecule has 0 spiro atoms. The molecule has 9 heteroatoms. The number of ether oxygens (including phenoxy) is 1. The maximum Gasteiger partial charge on any atom is 0.573 e. The van der Waals surface area contributed by atoms with Gasteiger partial charge < -0.3 is 20.2 Å². The lowest BCUT2D eigenvalue weighted by atomic mass is 10.2. The Hall–Kier alpha value is -2.43. The quantitative estimate of drug-likeness (QED) is 0.312. The van der Waals surface area contributed by atoms with Crippen LogP contribution in [0.1, 0.15) is 11.3 Å². The van der Waals surface area contributed by atoms with Gasteiger partial charge in [0.25, 0.3) is 0 Å². The van der Waals surface area contributed by atoms with Crippen LogP contribution in [0.25, 0.3) is 11.0 Å². The third kappa shape index (κ3) is 6.35. The van der Waals surface area contributed by atoms with Gasteiger partial charge in [-0.25, -0.2) is 4.99 Å². The molecule has 1 heterocycles. The normalized spacial score (nSPS) is 11.9. The summed E-state index contributed by atoms with van der Waals surface area (Å²) >= 11 is 0. The molecule has 0 bridgehead atoms. The predicted molar refractivity (Wildman–Crippen MR) is 107 cm³/mol. The Bertz CT molecular complexity index is 875. The van der Waals surface area contributed by atoms with Crippen LogP contribution in [0.15, 0.2) is 64.0 Å². The molecule has 0 aliphatic heterocycles. The molecule has 3 rings (SSSR count). The Morgan fingerprint density at radius 3 is 2.48 bits per heavy atom. The zero-order chi connectivity index (χ0) is 18.6. The minimum Gasteiger partial charge on any atom is -0.459 e. The first-order valence-corrected chi connectivity index (χ1v) is 7.75. The molecule has 0 saturated heterocycles. The van der Waals surface area contributed by atoms with Gasteiger partial charge in [-0.15, -0.1) is 37.1 Å². The molecule has 1 aromatic heterocycles. The summed E-state index contributed by atoms with van der Waals surface area (Å²) in [6.07, 6.45) is -4.70. The summed E-state index contributed by atoms with van der Waals surface area (Å²) in [4.78, 5) is 4.15. The van der Waals surface area contributed by atoms with Crippen LogP contribution >= 0.6 is 24.0 Å². The number of halogens is 4. The monoisotopic (exact) mass is 491 g/mol. The smallest absolute Gasteiger partial charge is 0.459 e. The molecule has 0 aliphatic rings. The van der Waals surface area contributed by atoms with E-state index in [4.69, 9.17) is 10.2 Å². The zero-order valence-corrected chi connectivity index (χ0v) is 16.3. The zero-order valence-electron chi connectivity index (χ0n) is 14.0. The number of alkyl halides is 3. The van der Waals surface area contributed by atoms with Crippen LogP contribution in [0.5, 0.6) is 5.75 Å². The van der Waals surface area contributed by atoms with Gasteiger partial charge in [0.05, 0.1) is 13.1 Å². The first kappa shape index (κ1) is 20.9. The van der Waals surface area contributed by atoms with Crippen LogP contribution in [-0.2, 0) is 13.1 Å². The largest absolute Gasteiger partial charge is 0.573 e. The summed E-state index contributed by atoms with van der Waals surface area (Å²) < 4.78 is 45.8. The lowest BCUT2D eigenvalue weighted by molar-refractivity contribution is -0.274. The Morgan fingerprint density at radius 1 is 1.11 bits per heavy atom. The van der Waals surface area contributed by atoms with Gasteiger partial charge in [0, 0.05) is 5.39 Å². The minimum atomic E-state index is -4.70. The van der Waals surface area contributed by atoms with Crippen molar-refractivity contribution in [1.82, 2.24) is 5.32 Å². The summed E-state index contributed by atoms with van der Waals surface area (Å²) in [7, 11) is 0. The Morgan fingerprint density at radius 2 is 1.81 bits per heavy atom. The highest BCUT2D eigenvalue weighted by atomic mass is 127. The number of nitrogens with one attached hydrogen (secondary N) is 1. The number of fused-ring (bicyclic) bond motifs is 1. The SMILES string of the molecule is I.NC(=NCc1ccc(OC(F)(F)F)cc1)NCc1cc2ccccc2o1. The van der Waals surface area contributed by atoms with Crippen molar-refractivity contribution in [1.29, 1.82) is 0 Å². The number of hydrogen-bond acceptors (Lipinski definition) is 3. The highest BCUT2D eigenvalue weighted by molar-refractivity contribution is 14.0. The van der Waals surface area contributed by atoms with E-state index in [1.165, 1.54) is 24.3 Å². The maximum absolute atomic E-state index is 12.1. The Labute approximate surface area is 170 Å². The predicted octanol–water partition coefficient (Wildman–Crippen LogP) is 4.55. The molecule has 0 atom stereocenters. The number of benzene rings is 2. The van der Waals surface area contributed by atoms with E-state index in [9.17, 15) is 13.2 Å². The summed E-state index contributed by atoms with van der Waals surface area (Å²) in [5.74, 6) is 0.653. The molecule has 144 valence electrons. The van der Waals surface area contributed by atoms with Crippen molar-refractivity contribution in [2.24, 2.45) is 10.7 Å². The number of hydrogen-bond donors (Lipinski definition) is 2. The fourth-order valence-electron chi connectivity index (χ4n) is 2.33. The van der Waals surface area contributed by atoms with E-state index in [1.54, 1.807) is 0 Å². The van der Waals surface area contributed by atoms with Crippen molar-refractivity contribution in [2.75, 3.05) is 0 Å². The molecule has 0 unspecified atom stereocenters. The van der Waals surface area contributed by atoms with Gasteiger partial charge in [0.2, 0.25) is 0 Å². The molecule has 0 aliphatic carbocycles. The molecule has 0 saturated carbocycles. The standard InChI is InChI=1S/C18H16F3N3O2.HI/c19-18(20,21)26-14-7-5-12(6-8-14)10-23-17(22)24-11-15-9-13-3-1-2-4-16(13)25-15;/h1-9H,10-11H2,(H3,22,23,24);1H. The first-order valence-electron chi connectivity index (χ1n) is 7.75. The number of furan rings is 1.